The van der Waals surface area contributed by atoms with Gasteiger partial charge in [0.1, 0.15) is 23.2 Å². The number of benzene rings is 3. The smallest absolute Gasteiger partial charge is 0.329 e. The molecule has 2 aromatic heterocycles. The van der Waals surface area contributed by atoms with Gasteiger partial charge in [-0.3, -0.25) is 38.6 Å². The fourth-order valence-electron chi connectivity index (χ4n) is 9.76. The van der Waals surface area contributed by atoms with Gasteiger partial charge in [0.05, 0.1) is 46.1 Å². The first-order chi connectivity index (χ1) is 31.9. The van der Waals surface area contributed by atoms with E-state index in [0.717, 1.165) is 29.3 Å². The van der Waals surface area contributed by atoms with Crippen LogP contribution in [0.2, 0.25) is 0 Å². The average molecular weight is 942 g/mol. The first-order valence-corrected chi connectivity index (χ1v) is 23.5. The molecule has 0 bridgehead atoms. The number of ether oxygens (including phenoxy) is 1. The molecule has 4 aliphatic rings. The van der Waals surface area contributed by atoms with E-state index in [-0.39, 0.29) is 95.8 Å². The van der Waals surface area contributed by atoms with Crippen molar-refractivity contribution in [2.24, 2.45) is 12.5 Å². The second kappa shape index (κ2) is 17.2. The highest BCUT2D eigenvalue weighted by atomic mass is 32.2. The Balaban J connectivity index is 0.799. The van der Waals surface area contributed by atoms with Gasteiger partial charge in [-0.25, -0.2) is 18.6 Å². The lowest BCUT2D eigenvalue weighted by Gasteiger charge is -2.52. The number of nitrogens with zero attached hydrogens (tertiary/aromatic N) is 9. The van der Waals surface area contributed by atoms with Crippen molar-refractivity contribution in [3.05, 3.63) is 76.3 Å². The first-order valence-electron chi connectivity index (χ1n) is 22.1. The number of nitrogens with one attached hydrogen (secondary N) is 2. The Morgan fingerprint density at radius 1 is 1.01 bits per heavy atom. The number of hydrogen-bond acceptors (Lipinski definition) is 12. The van der Waals surface area contributed by atoms with Crippen molar-refractivity contribution < 1.29 is 41.4 Å². The van der Waals surface area contributed by atoms with Crippen LogP contribution in [-0.2, 0) is 26.8 Å². The van der Waals surface area contributed by atoms with E-state index in [1.165, 1.54) is 36.5 Å². The number of carbonyl (C=O) groups is 3. The monoisotopic (exact) mass is 941 g/mol. The standard InChI is InChI=1S/C45H49F2N11O8S/c1-4-53(2)67(64,65)52-35-8-6-32(46)40(31(35)25-48)66-28-5-7-34-29(19-28)42(61)58(26-49-34)27-22-44(23-27)10-15-56(16-11-44)39(60)24-45(63)12-17-55(18-13-45)37-21-36-30(20-33(37)47)41(51-54(36)3)57-14-9-38(59)50-43(57)62/h5-8,19-21,26-27,52,63H,4,9-18,22-24H2,1-3H3,(H,50,59,62). The van der Waals surface area contributed by atoms with Gasteiger partial charge in [-0.05, 0) is 86.4 Å². The summed E-state index contributed by atoms with van der Waals surface area (Å²) in [5.74, 6) is -2.16. The lowest BCUT2D eigenvalue weighted by molar-refractivity contribution is -0.141. The molecule has 1 spiro atoms. The van der Waals surface area contributed by atoms with Crippen molar-refractivity contribution in [1.29, 1.82) is 5.26 Å². The summed E-state index contributed by atoms with van der Waals surface area (Å²) in [7, 11) is -0.992. The molecule has 3 aromatic carbocycles. The third-order valence-corrected chi connectivity index (χ3v) is 15.5. The minimum absolute atomic E-state index is 0.0428. The highest BCUT2D eigenvalue weighted by Crippen LogP contribution is 2.54. The lowest BCUT2D eigenvalue weighted by atomic mass is 9.60. The number of aliphatic hydroxyl groups is 1. The number of likely N-dealkylation sites (tertiary alicyclic amines) is 1. The van der Waals surface area contributed by atoms with Gasteiger partial charge in [-0.2, -0.15) is 23.1 Å². The summed E-state index contributed by atoms with van der Waals surface area (Å²) in [6.07, 6.45) is 4.91. The molecular weight excluding hydrogens is 893 g/mol. The number of aryl methyl sites for hydroxylation is 1. The lowest BCUT2D eigenvalue weighted by Crippen LogP contribution is -2.52. The second-order valence-electron chi connectivity index (χ2n) is 18.0. The Morgan fingerprint density at radius 3 is 2.43 bits per heavy atom. The predicted molar refractivity (Wildman–Crippen MR) is 242 cm³/mol. The minimum Gasteiger partial charge on any atom is -0.453 e. The summed E-state index contributed by atoms with van der Waals surface area (Å²) in [5, 5.41) is 28.9. The number of hydrogen-bond donors (Lipinski definition) is 3. The van der Waals surface area contributed by atoms with Crippen LogP contribution in [0.25, 0.3) is 21.8 Å². The Bertz CT molecular complexity index is 3060. The van der Waals surface area contributed by atoms with Gasteiger partial charge in [-0.15, -0.1) is 0 Å². The zero-order chi connectivity index (χ0) is 47.6. The number of halogens is 2. The Morgan fingerprint density at radius 2 is 1.75 bits per heavy atom. The molecule has 5 aromatic rings. The van der Waals surface area contributed by atoms with Crippen LogP contribution in [0.3, 0.4) is 0 Å². The molecule has 0 unspecified atom stereocenters. The van der Waals surface area contributed by atoms with E-state index in [9.17, 15) is 38.0 Å². The van der Waals surface area contributed by atoms with Crippen LogP contribution in [0, 0.1) is 28.4 Å². The van der Waals surface area contributed by atoms with Gasteiger partial charge in [0.2, 0.25) is 11.8 Å². The fourth-order valence-corrected chi connectivity index (χ4v) is 10.7. The van der Waals surface area contributed by atoms with Crippen molar-refractivity contribution in [2.75, 3.05) is 60.8 Å². The van der Waals surface area contributed by atoms with Crippen LogP contribution in [-0.4, -0.2) is 112 Å². The van der Waals surface area contributed by atoms with Gasteiger partial charge in [-0.1, -0.05) is 6.92 Å². The number of urea groups is 1. The van der Waals surface area contributed by atoms with Crippen molar-refractivity contribution in [2.45, 2.75) is 69.9 Å². The third-order valence-electron chi connectivity index (χ3n) is 13.9. The van der Waals surface area contributed by atoms with E-state index in [4.69, 9.17) is 4.74 Å². The van der Waals surface area contributed by atoms with E-state index < -0.39 is 39.2 Å². The summed E-state index contributed by atoms with van der Waals surface area (Å²) >= 11 is 0. The molecule has 4 amide bonds. The number of imide groups is 1. The Hall–Kier alpha value is -6.70. The molecule has 0 radical (unpaired) electrons. The number of amides is 4. The normalized spacial score (nSPS) is 18.6. The average Bonchev–Trinajstić information content (AvgIpc) is 3.60. The molecule has 9 rings (SSSR count). The SMILES string of the molecule is CCN(C)S(=O)(=O)Nc1ccc(F)c(Oc2ccc3ncn(C4CC5(CCN(C(=O)CC6(O)CCN(c7cc8c(cc7F)c(N7CCC(=O)NC7=O)nn8C)CC6)CC5)C4)c(=O)c3c2)c1C#N. The van der Waals surface area contributed by atoms with Crippen LogP contribution in [0.5, 0.6) is 11.5 Å². The molecule has 1 saturated carbocycles. The summed E-state index contributed by atoms with van der Waals surface area (Å²) < 4.78 is 68.4. The van der Waals surface area contributed by atoms with Crippen molar-refractivity contribution in [3.63, 3.8) is 0 Å². The van der Waals surface area contributed by atoms with Gasteiger partial charge in [0, 0.05) is 71.2 Å². The summed E-state index contributed by atoms with van der Waals surface area (Å²) in [5.41, 5.74) is -0.920. The van der Waals surface area contributed by atoms with Gasteiger partial charge >= 0.3 is 16.2 Å². The molecule has 22 heteroatoms. The van der Waals surface area contributed by atoms with Crippen LogP contribution in [0.1, 0.15) is 69.9 Å². The predicted octanol–water partition coefficient (Wildman–Crippen LogP) is 4.65. The zero-order valence-electron chi connectivity index (χ0n) is 37.1. The number of carbonyl (C=O) groups excluding carboxylic acids is 3. The van der Waals surface area contributed by atoms with Crippen LogP contribution >= 0.6 is 0 Å². The van der Waals surface area contributed by atoms with Gasteiger partial charge in [0.25, 0.3) is 5.56 Å². The molecule has 3 saturated heterocycles. The molecule has 19 nitrogen and oxygen atoms in total. The van der Waals surface area contributed by atoms with Gasteiger partial charge in [0.15, 0.2) is 17.4 Å². The topological polar surface area (TPSA) is 228 Å². The highest BCUT2D eigenvalue weighted by Gasteiger charge is 2.48. The summed E-state index contributed by atoms with van der Waals surface area (Å²) in [6.45, 7) is 3.55. The van der Waals surface area contributed by atoms with Crippen molar-refractivity contribution in [1.82, 2.24) is 33.9 Å². The number of anilines is 3. The maximum Gasteiger partial charge on any atom is 0.329 e. The molecule has 3 N–H and O–H groups in total. The Labute approximate surface area is 383 Å². The quantitative estimate of drug-likeness (QED) is 0.165. The molecule has 4 fully saturated rings. The van der Waals surface area contributed by atoms with E-state index in [0.29, 0.717) is 61.1 Å². The van der Waals surface area contributed by atoms with Crippen LogP contribution in [0.4, 0.5) is 30.8 Å². The number of aromatic nitrogens is 4. The number of piperidine rings is 2. The highest BCUT2D eigenvalue weighted by molar-refractivity contribution is 7.90. The maximum absolute atomic E-state index is 15.7. The van der Waals surface area contributed by atoms with Crippen molar-refractivity contribution in [3.8, 4) is 17.6 Å². The van der Waals surface area contributed by atoms with E-state index in [1.54, 1.807) is 40.3 Å². The molecule has 0 atom stereocenters. The first kappa shape index (κ1) is 45.5. The van der Waals surface area contributed by atoms with Crippen LogP contribution < -0.4 is 30.1 Å². The van der Waals surface area contributed by atoms with Crippen LogP contribution in [0.15, 0.2) is 53.6 Å². The molecular formula is C45H49F2N11O8S. The van der Waals surface area contributed by atoms with Gasteiger partial charge < -0.3 is 19.6 Å². The third kappa shape index (κ3) is 8.51. The largest absolute Gasteiger partial charge is 0.453 e. The van der Waals surface area contributed by atoms with E-state index >= 15 is 8.78 Å². The zero-order valence-corrected chi connectivity index (χ0v) is 37.9. The van der Waals surface area contributed by atoms with E-state index in [1.807, 2.05) is 11.0 Å². The second-order valence-corrected chi connectivity index (χ2v) is 19.8. The Kier molecular flexibility index (Phi) is 11.7. The maximum atomic E-state index is 15.7. The van der Waals surface area contributed by atoms with Crippen molar-refractivity contribution >= 4 is 67.1 Å². The summed E-state index contributed by atoms with van der Waals surface area (Å²) in [4.78, 5) is 61.1. The number of nitriles is 1. The molecule has 67 heavy (non-hydrogen) atoms. The molecule has 3 aliphatic heterocycles. The minimum atomic E-state index is -4.04. The number of rotatable bonds is 11. The molecule has 352 valence electrons. The fraction of sp³-hybridized carbons (Fsp3) is 0.444. The molecule has 5 heterocycles. The molecule has 1 aliphatic carbocycles. The summed E-state index contributed by atoms with van der Waals surface area (Å²) in [6, 6.07) is 10.6. The van der Waals surface area contributed by atoms with E-state index in [2.05, 4.69) is 20.1 Å². The number of fused-ring (bicyclic) bond motifs is 2.